The molecular formula is C20H23FN4O3S2. The number of methoxy groups -OCH3 is 1. The summed E-state index contributed by atoms with van der Waals surface area (Å²) in [7, 11) is -2.33. The molecule has 0 radical (unpaired) electrons. The zero-order chi connectivity index (χ0) is 21.0. The van der Waals surface area contributed by atoms with Gasteiger partial charge in [0, 0.05) is 24.3 Å². The summed E-state index contributed by atoms with van der Waals surface area (Å²) in [6.45, 7) is 1.93. The molecule has 0 spiro atoms. The summed E-state index contributed by atoms with van der Waals surface area (Å²) in [5.41, 5.74) is 6.91. The van der Waals surface area contributed by atoms with Gasteiger partial charge in [-0.25, -0.2) is 22.5 Å². The molecule has 7 nitrogen and oxygen atoms in total. The molecule has 0 aliphatic heterocycles. The van der Waals surface area contributed by atoms with E-state index in [2.05, 4.69) is 14.7 Å². The smallest absolute Gasteiger partial charge is 0.241 e. The Morgan fingerprint density at radius 3 is 2.50 bits per heavy atom. The number of ether oxygens (including phenoxy) is 1. The van der Waals surface area contributed by atoms with Gasteiger partial charge in [0.25, 0.3) is 0 Å². The molecule has 3 N–H and O–H groups in total. The van der Waals surface area contributed by atoms with Gasteiger partial charge in [0.1, 0.15) is 11.6 Å². The highest BCUT2D eigenvalue weighted by atomic mass is 32.2. The summed E-state index contributed by atoms with van der Waals surface area (Å²) in [5.74, 6) is -0.311. The fourth-order valence-electron chi connectivity index (χ4n) is 2.92. The highest BCUT2D eigenvalue weighted by Gasteiger charge is 2.22. The van der Waals surface area contributed by atoms with E-state index in [4.69, 9.17) is 10.5 Å². The van der Waals surface area contributed by atoms with Gasteiger partial charge in [-0.1, -0.05) is 24.3 Å². The van der Waals surface area contributed by atoms with E-state index >= 15 is 0 Å². The highest BCUT2D eigenvalue weighted by molar-refractivity contribution is 7.89. The number of rotatable bonds is 7. The second-order valence-corrected chi connectivity index (χ2v) is 8.18. The number of hydrogen-bond donors (Lipinski definition) is 2. The molecule has 10 heteroatoms. The van der Waals surface area contributed by atoms with Crippen molar-refractivity contribution in [3.63, 3.8) is 0 Å². The molecular weight excluding hydrogens is 427 g/mol. The average Bonchev–Trinajstić information content (AvgIpc) is 2.68. The van der Waals surface area contributed by atoms with Crippen molar-refractivity contribution < 1.29 is 17.5 Å². The van der Waals surface area contributed by atoms with Gasteiger partial charge in [-0.05, 0) is 30.7 Å². The van der Waals surface area contributed by atoms with Crippen LogP contribution < -0.4 is 10.5 Å². The van der Waals surface area contributed by atoms with Crippen molar-refractivity contribution in [1.29, 1.82) is 0 Å². The number of nitrogens with one attached hydrogen (secondary N) is 1. The fraction of sp³-hybridized carbons (Fsp3) is 0.200. The average molecular weight is 451 g/mol. The summed E-state index contributed by atoms with van der Waals surface area (Å²) in [4.78, 5) is 8.05. The van der Waals surface area contributed by atoms with E-state index in [0.29, 0.717) is 16.8 Å². The third-order valence-corrected chi connectivity index (χ3v) is 5.83. The Morgan fingerprint density at radius 2 is 1.87 bits per heavy atom. The second-order valence-electron chi connectivity index (χ2n) is 6.49. The van der Waals surface area contributed by atoms with E-state index in [9.17, 15) is 12.8 Å². The molecule has 3 rings (SSSR count). The van der Waals surface area contributed by atoms with Gasteiger partial charge < -0.3 is 10.5 Å². The van der Waals surface area contributed by atoms with E-state index < -0.39 is 21.9 Å². The molecule has 1 heterocycles. The lowest BCUT2D eigenvalue weighted by Crippen LogP contribution is -2.35. The van der Waals surface area contributed by atoms with Gasteiger partial charge in [-0.2, -0.15) is 13.5 Å². The van der Waals surface area contributed by atoms with Gasteiger partial charge in [-0.15, -0.1) is 0 Å². The maximum absolute atomic E-state index is 14.8. The van der Waals surface area contributed by atoms with Crippen LogP contribution in [-0.2, 0) is 14.8 Å². The Hall–Kier alpha value is -2.53. The van der Waals surface area contributed by atoms with Crippen LogP contribution in [0.5, 0.6) is 0 Å². The van der Waals surface area contributed by atoms with E-state index in [0.717, 1.165) is 0 Å². The van der Waals surface area contributed by atoms with Crippen molar-refractivity contribution in [2.75, 3.05) is 19.5 Å². The highest BCUT2D eigenvalue weighted by Crippen LogP contribution is 2.31. The Bertz CT molecular complexity index is 1110. The van der Waals surface area contributed by atoms with Crippen LogP contribution in [-0.4, -0.2) is 38.1 Å². The number of sulfonamides is 1. The van der Waals surface area contributed by atoms with Crippen molar-refractivity contribution >= 4 is 29.3 Å². The van der Waals surface area contributed by atoms with Crippen molar-refractivity contribution in [3.8, 4) is 22.4 Å². The molecule has 1 aromatic heterocycles. The maximum Gasteiger partial charge on any atom is 0.241 e. The molecule has 0 bridgehead atoms. The summed E-state index contributed by atoms with van der Waals surface area (Å²) < 4.78 is 48.0. The molecule has 3 aromatic rings. The predicted molar refractivity (Wildman–Crippen MR) is 119 cm³/mol. The van der Waals surface area contributed by atoms with Crippen LogP contribution in [0.15, 0.2) is 59.8 Å². The minimum absolute atomic E-state index is 0. The SMILES string of the molecule is COC[C@H](C)NS(=O)(=O)c1ccccc1-c1ccc(-c2cnc(N)cn2)c(F)c1.S. The molecule has 160 valence electrons. The normalized spacial score (nSPS) is 12.2. The largest absolute Gasteiger partial charge is 0.383 e. The third kappa shape index (κ3) is 5.33. The van der Waals surface area contributed by atoms with Crippen molar-refractivity contribution in [1.82, 2.24) is 14.7 Å². The topological polar surface area (TPSA) is 107 Å². The van der Waals surface area contributed by atoms with Crippen LogP contribution in [0.3, 0.4) is 0 Å². The van der Waals surface area contributed by atoms with Crippen molar-refractivity contribution in [2.24, 2.45) is 0 Å². The van der Waals surface area contributed by atoms with Crippen LogP contribution in [0, 0.1) is 5.82 Å². The van der Waals surface area contributed by atoms with Crippen LogP contribution in [0.1, 0.15) is 6.92 Å². The number of nitrogen functional groups attached to an aromatic ring is 1. The van der Waals surface area contributed by atoms with Crippen molar-refractivity contribution in [2.45, 2.75) is 17.9 Å². The molecule has 30 heavy (non-hydrogen) atoms. The quantitative estimate of drug-likeness (QED) is 0.573. The van der Waals surface area contributed by atoms with Gasteiger partial charge in [-0.3, -0.25) is 4.98 Å². The Morgan fingerprint density at radius 1 is 1.13 bits per heavy atom. The Labute approximate surface area is 182 Å². The van der Waals surface area contributed by atoms with Gasteiger partial charge in [0.15, 0.2) is 0 Å². The number of nitrogens with zero attached hydrogens (tertiary/aromatic N) is 2. The first kappa shape index (κ1) is 23.7. The Balaban J connectivity index is 0.00000320. The number of aromatic nitrogens is 2. The van der Waals surface area contributed by atoms with Gasteiger partial charge in [0.05, 0.1) is 29.6 Å². The molecule has 2 aromatic carbocycles. The van der Waals surface area contributed by atoms with Gasteiger partial charge >= 0.3 is 0 Å². The van der Waals surface area contributed by atoms with Crippen LogP contribution in [0.25, 0.3) is 22.4 Å². The fourth-order valence-corrected chi connectivity index (χ4v) is 4.38. The first-order valence-corrected chi connectivity index (χ1v) is 10.3. The number of nitrogens with two attached hydrogens (primary N) is 1. The molecule has 0 amide bonds. The summed E-state index contributed by atoms with van der Waals surface area (Å²) in [6.07, 6.45) is 2.73. The summed E-state index contributed by atoms with van der Waals surface area (Å²) in [5, 5.41) is 0. The Kier molecular flexibility index (Phi) is 7.90. The molecule has 0 unspecified atom stereocenters. The predicted octanol–water partition coefficient (Wildman–Crippen LogP) is 2.96. The number of anilines is 1. The monoisotopic (exact) mass is 450 g/mol. The minimum atomic E-state index is -3.83. The second kappa shape index (κ2) is 9.98. The lowest BCUT2D eigenvalue weighted by molar-refractivity contribution is 0.180. The maximum atomic E-state index is 14.8. The van der Waals surface area contributed by atoms with E-state index in [1.165, 1.54) is 37.7 Å². The molecule has 0 saturated carbocycles. The van der Waals surface area contributed by atoms with E-state index in [1.54, 1.807) is 31.2 Å². The number of hydrogen-bond acceptors (Lipinski definition) is 6. The summed E-state index contributed by atoms with van der Waals surface area (Å²) >= 11 is 0. The molecule has 1 atom stereocenters. The molecule has 0 aliphatic rings. The van der Waals surface area contributed by atoms with Crippen molar-refractivity contribution in [3.05, 3.63) is 60.7 Å². The minimum Gasteiger partial charge on any atom is -0.383 e. The number of benzene rings is 2. The molecule has 0 aliphatic carbocycles. The van der Waals surface area contributed by atoms with E-state index in [1.807, 2.05) is 0 Å². The zero-order valence-electron chi connectivity index (χ0n) is 16.5. The zero-order valence-corrected chi connectivity index (χ0v) is 18.3. The van der Waals surface area contributed by atoms with E-state index in [-0.39, 0.29) is 36.4 Å². The van der Waals surface area contributed by atoms with Gasteiger partial charge in [0.2, 0.25) is 10.0 Å². The first-order chi connectivity index (χ1) is 13.8. The standard InChI is InChI=1S/C20H21FN4O3S.H2S/c1-13(12-28-2)25-29(26,27)19-6-4-3-5-15(19)14-7-8-16(17(21)9-14)18-10-24-20(22)11-23-18;/h3-11,13,25H,12H2,1-2H3,(H2,22,24);1H2/t13-;/m0./s1. The first-order valence-electron chi connectivity index (χ1n) is 8.80. The molecule has 0 fully saturated rings. The van der Waals surface area contributed by atoms with Crippen LogP contribution >= 0.6 is 13.5 Å². The summed E-state index contributed by atoms with van der Waals surface area (Å²) in [6, 6.07) is 10.5. The lowest BCUT2D eigenvalue weighted by atomic mass is 10.0. The number of halogens is 1. The lowest BCUT2D eigenvalue weighted by Gasteiger charge is -2.16. The third-order valence-electron chi connectivity index (χ3n) is 4.18. The molecule has 0 saturated heterocycles. The van der Waals surface area contributed by atoms with Crippen LogP contribution in [0.2, 0.25) is 0 Å². The van der Waals surface area contributed by atoms with Crippen LogP contribution in [0.4, 0.5) is 10.2 Å².